The number of nitrogens with one attached hydrogen (secondary N) is 1. The van der Waals surface area contributed by atoms with Gasteiger partial charge in [-0.15, -0.1) is 0 Å². The van der Waals surface area contributed by atoms with E-state index in [4.69, 9.17) is 30.9 Å². The summed E-state index contributed by atoms with van der Waals surface area (Å²) in [5.74, 6) is -0.389. The molecule has 3 rings (SSSR count). The highest BCUT2D eigenvalue weighted by Crippen LogP contribution is 2.37. The molecule has 0 atom stereocenters. The number of halogens is 1. The van der Waals surface area contributed by atoms with Gasteiger partial charge in [0.15, 0.2) is 11.5 Å². The van der Waals surface area contributed by atoms with Crippen molar-refractivity contribution < 1.29 is 28.9 Å². The summed E-state index contributed by atoms with van der Waals surface area (Å²) >= 11 is 6.42. The molecule has 0 spiro atoms. The molecule has 1 fully saturated rings. The number of carboxylic acid groups (broad SMARTS) is 1. The molecule has 0 aliphatic carbocycles. The molecule has 176 valence electrons. The van der Waals surface area contributed by atoms with Crippen molar-refractivity contribution in [1.82, 2.24) is 10.3 Å². The van der Waals surface area contributed by atoms with Crippen LogP contribution in [-0.4, -0.2) is 67.6 Å². The van der Waals surface area contributed by atoms with Gasteiger partial charge in [-0.05, 0) is 42.3 Å². The molecule has 1 amide bonds. The number of hydrazone groups is 1. The summed E-state index contributed by atoms with van der Waals surface area (Å²) in [6.07, 6.45) is 1.49. The fourth-order valence-corrected chi connectivity index (χ4v) is 3.41. The Morgan fingerprint density at radius 3 is 2.61 bits per heavy atom. The first-order chi connectivity index (χ1) is 16.0. The quantitative estimate of drug-likeness (QED) is 0.401. The van der Waals surface area contributed by atoms with Gasteiger partial charge in [0.25, 0.3) is 5.91 Å². The van der Waals surface area contributed by atoms with Gasteiger partial charge in [-0.3, -0.25) is 9.69 Å². The molecule has 0 unspecified atom stereocenters. The zero-order valence-electron chi connectivity index (χ0n) is 18.3. The van der Waals surface area contributed by atoms with E-state index in [0.29, 0.717) is 41.9 Å². The minimum atomic E-state index is -0.987. The summed E-state index contributed by atoms with van der Waals surface area (Å²) < 4.78 is 16.8. The Balaban J connectivity index is 1.62. The van der Waals surface area contributed by atoms with Crippen LogP contribution in [0.15, 0.2) is 41.5 Å². The maximum absolute atomic E-state index is 12.1. The molecule has 1 saturated heterocycles. The highest BCUT2D eigenvalue weighted by molar-refractivity contribution is 6.32. The molecular weight excluding hydrogens is 450 g/mol. The van der Waals surface area contributed by atoms with E-state index in [0.717, 1.165) is 18.7 Å². The van der Waals surface area contributed by atoms with E-state index < -0.39 is 5.97 Å². The highest BCUT2D eigenvalue weighted by atomic mass is 35.5. The second-order valence-electron chi connectivity index (χ2n) is 7.24. The standard InChI is InChI=1S/C23H26ClN3O6/c1-2-32-20-12-17(13-25-26-21(28)14-27-7-9-31-10-8-27)11-19(24)22(20)33-15-16-3-5-18(6-4-16)23(29)30/h3-6,11-13H,2,7-10,14-15H2,1H3,(H,26,28)(H,29,30). The molecule has 1 aliphatic heterocycles. The average molecular weight is 476 g/mol. The predicted molar refractivity (Wildman–Crippen MR) is 123 cm³/mol. The third kappa shape index (κ3) is 7.45. The normalized spacial score (nSPS) is 14.2. The van der Waals surface area contributed by atoms with Crippen molar-refractivity contribution in [2.24, 2.45) is 5.10 Å². The lowest BCUT2D eigenvalue weighted by molar-refractivity contribution is -0.123. The molecule has 1 heterocycles. The number of carbonyl (C=O) groups excluding carboxylic acids is 1. The Morgan fingerprint density at radius 1 is 1.21 bits per heavy atom. The number of carboxylic acids is 1. The molecule has 0 saturated carbocycles. The number of nitrogens with zero attached hydrogens (tertiary/aromatic N) is 2. The molecule has 0 radical (unpaired) electrons. The van der Waals surface area contributed by atoms with Gasteiger partial charge in [-0.25, -0.2) is 10.2 Å². The summed E-state index contributed by atoms with van der Waals surface area (Å²) in [6, 6.07) is 9.76. The third-order valence-electron chi connectivity index (χ3n) is 4.79. The molecule has 2 aromatic rings. The smallest absolute Gasteiger partial charge is 0.335 e. The van der Waals surface area contributed by atoms with Crippen molar-refractivity contribution >= 4 is 29.7 Å². The predicted octanol–water partition coefficient (Wildman–Crippen LogP) is 2.80. The Labute approximate surface area is 196 Å². The summed E-state index contributed by atoms with van der Waals surface area (Å²) in [4.78, 5) is 25.0. The molecule has 10 heteroatoms. The van der Waals surface area contributed by atoms with Gasteiger partial charge in [-0.2, -0.15) is 5.10 Å². The molecule has 2 aromatic carbocycles. The van der Waals surface area contributed by atoms with Crippen LogP contribution in [0.4, 0.5) is 0 Å². The minimum Gasteiger partial charge on any atom is -0.490 e. The zero-order valence-corrected chi connectivity index (χ0v) is 19.0. The molecule has 2 N–H and O–H groups in total. The molecule has 1 aliphatic rings. The van der Waals surface area contributed by atoms with E-state index >= 15 is 0 Å². The minimum absolute atomic E-state index is 0.185. The first kappa shape index (κ1) is 24.5. The lowest BCUT2D eigenvalue weighted by Crippen LogP contribution is -2.42. The Bertz CT molecular complexity index is 990. The lowest BCUT2D eigenvalue weighted by atomic mass is 10.1. The topological polar surface area (TPSA) is 110 Å². The van der Waals surface area contributed by atoms with Crippen LogP contribution in [0.25, 0.3) is 0 Å². The van der Waals surface area contributed by atoms with Gasteiger partial charge in [0.2, 0.25) is 0 Å². The van der Waals surface area contributed by atoms with Crippen LogP contribution in [0.5, 0.6) is 11.5 Å². The first-order valence-corrected chi connectivity index (χ1v) is 10.9. The number of hydrogen-bond acceptors (Lipinski definition) is 7. The molecule has 0 bridgehead atoms. The van der Waals surface area contributed by atoms with Crippen LogP contribution in [0.1, 0.15) is 28.4 Å². The summed E-state index contributed by atoms with van der Waals surface area (Å²) in [7, 11) is 0. The van der Waals surface area contributed by atoms with E-state index in [1.807, 2.05) is 11.8 Å². The van der Waals surface area contributed by atoms with E-state index in [2.05, 4.69) is 10.5 Å². The number of rotatable bonds is 10. The van der Waals surface area contributed by atoms with Crippen molar-refractivity contribution in [3.63, 3.8) is 0 Å². The maximum atomic E-state index is 12.1. The van der Waals surface area contributed by atoms with Crippen LogP contribution in [-0.2, 0) is 16.1 Å². The number of hydrogen-bond donors (Lipinski definition) is 2. The Hall–Kier alpha value is -3.14. The fraction of sp³-hybridized carbons (Fsp3) is 0.348. The number of carbonyl (C=O) groups is 2. The average Bonchev–Trinajstić information content (AvgIpc) is 2.79. The van der Waals surface area contributed by atoms with Crippen molar-refractivity contribution in [2.75, 3.05) is 39.5 Å². The van der Waals surface area contributed by atoms with E-state index in [-0.39, 0.29) is 24.6 Å². The summed E-state index contributed by atoms with van der Waals surface area (Å²) in [6.45, 7) is 5.36. The first-order valence-electron chi connectivity index (χ1n) is 10.5. The SMILES string of the molecule is CCOc1cc(C=NNC(=O)CN2CCOCC2)cc(Cl)c1OCc1ccc(C(=O)O)cc1. The van der Waals surface area contributed by atoms with Crippen molar-refractivity contribution in [3.8, 4) is 11.5 Å². The maximum Gasteiger partial charge on any atom is 0.335 e. The zero-order chi connectivity index (χ0) is 23.6. The second kappa shape index (κ2) is 12.2. The molecule has 33 heavy (non-hydrogen) atoms. The second-order valence-corrected chi connectivity index (χ2v) is 7.64. The highest BCUT2D eigenvalue weighted by Gasteiger charge is 2.15. The van der Waals surface area contributed by atoms with E-state index in [9.17, 15) is 9.59 Å². The molecule has 9 nitrogen and oxygen atoms in total. The van der Waals surface area contributed by atoms with Crippen molar-refractivity contribution in [3.05, 3.63) is 58.1 Å². The van der Waals surface area contributed by atoms with Crippen LogP contribution < -0.4 is 14.9 Å². The van der Waals surface area contributed by atoms with E-state index in [1.54, 1.807) is 24.3 Å². The lowest BCUT2D eigenvalue weighted by Gasteiger charge is -2.25. The van der Waals surface area contributed by atoms with Crippen LogP contribution in [0.3, 0.4) is 0 Å². The van der Waals surface area contributed by atoms with Gasteiger partial charge in [0, 0.05) is 13.1 Å². The Kier molecular flexibility index (Phi) is 9.05. The number of aromatic carboxylic acids is 1. The van der Waals surface area contributed by atoms with Gasteiger partial charge in [0.05, 0.1) is 43.2 Å². The van der Waals surface area contributed by atoms with Gasteiger partial charge >= 0.3 is 5.97 Å². The number of amides is 1. The van der Waals surface area contributed by atoms with Gasteiger partial charge in [0.1, 0.15) is 6.61 Å². The third-order valence-corrected chi connectivity index (χ3v) is 5.07. The van der Waals surface area contributed by atoms with Crippen LogP contribution in [0, 0.1) is 0 Å². The van der Waals surface area contributed by atoms with Crippen molar-refractivity contribution in [1.29, 1.82) is 0 Å². The number of morpholine rings is 1. The van der Waals surface area contributed by atoms with Gasteiger partial charge in [-0.1, -0.05) is 23.7 Å². The van der Waals surface area contributed by atoms with Crippen LogP contribution >= 0.6 is 11.6 Å². The largest absolute Gasteiger partial charge is 0.490 e. The summed E-state index contributed by atoms with van der Waals surface area (Å²) in [5, 5.41) is 13.3. The van der Waals surface area contributed by atoms with Gasteiger partial charge < -0.3 is 19.3 Å². The van der Waals surface area contributed by atoms with Crippen LogP contribution in [0.2, 0.25) is 5.02 Å². The Morgan fingerprint density at radius 2 is 1.94 bits per heavy atom. The number of benzene rings is 2. The fourth-order valence-electron chi connectivity index (χ4n) is 3.14. The monoisotopic (exact) mass is 475 g/mol. The summed E-state index contributed by atoms with van der Waals surface area (Å²) in [5.41, 5.74) is 4.13. The molecular formula is C23H26ClN3O6. The van der Waals surface area contributed by atoms with Crippen molar-refractivity contribution in [2.45, 2.75) is 13.5 Å². The van der Waals surface area contributed by atoms with E-state index in [1.165, 1.54) is 18.3 Å². The molecule has 0 aromatic heterocycles. The number of ether oxygens (including phenoxy) is 3.